The first-order valence-electron chi connectivity index (χ1n) is 5.16. The van der Waals surface area contributed by atoms with E-state index in [1.165, 1.54) is 25.9 Å². The zero-order chi connectivity index (χ0) is 8.55. The monoisotopic (exact) mass is 165 g/mol. The lowest BCUT2D eigenvalue weighted by atomic mass is 9.86. The van der Waals surface area contributed by atoms with Crippen LogP contribution < -0.4 is 0 Å². The molecule has 2 unspecified atom stereocenters. The van der Waals surface area contributed by atoms with Crippen LogP contribution in [0.2, 0.25) is 0 Å². The van der Waals surface area contributed by atoms with E-state index >= 15 is 0 Å². The van der Waals surface area contributed by atoms with Crippen LogP contribution in [0, 0.1) is 11.8 Å². The van der Waals surface area contributed by atoms with Crippen molar-refractivity contribution < 1.29 is 0 Å². The number of likely N-dealkylation sites (tertiary alicyclic amines) is 1. The van der Waals surface area contributed by atoms with Gasteiger partial charge in [0.2, 0.25) is 0 Å². The van der Waals surface area contributed by atoms with Crippen molar-refractivity contribution in [2.24, 2.45) is 11.8 Å². The van der Waals surface area contributed by atoms with Crippen molar-refractivity contribution in [3.05, 3.63) is 12.2 Å². The van der Waals surface area contributed by atoms with Crippen LogP contribution >= 0.6 is 0 Å². The molecule has 0 saturated carbocycles. The highest BCUT2D eigenvalue weighted by atomic mass is 15.2. The summed E-state index contributed by atoms with van der Waals surface area (Å²) in [6.45, 7) is 7.30. The van der Waals surface area contributed by atoms with Gasteiger partial charge in [0, 0.05) is 19.1 Å². The Morgan fingerprint density at radius 3 is 2.00 bits per heavy atom. The largest absolute Gasteiger partial charge is 0.300 e. The molecule has 1 aliphatic carbocycles. The van der Waals surface area contributed by atoms with E-state index in [9.17, 15) is 0 Å². The Balaban J connectivity index is 1.98. The number of rotatable bonds is 1. The third-order valence-electron chi connectivity index (χ3n) is 3.38. The molecule has 2 aliphatic rings. The molecule has 1 heteroatoms. The molecular weight excluding hydrogens is 146 g/mol. The summed E-state index contributed by atoms with van der Waals surface area (Å²) in [6, 6.07) is 0.746. The lowest BCUT2D eigenvalue weighted by Gasteiger charge is -2.19. The van der Waals surface area contributed by atoms with Gasteiger partial charge in [0.1, 0.15) is 0 Å². The van der Waals surface area contributed by atoms with E-state index in [1.54, 1.807) is 0 Å². The van der Waals surface area contributed by atoms with Gasteiger partial charge >= 0.3 is 0 Å². The quantitative estimate of drug-likeness (QED) is 0.539. The van der Waals surface area contributed by atoms with E-state index in [-0.39, 0.29) is 0 Å². The summed E-state index contributed by atoms with van der Waals surface area (Å²) in [5.41, 5.74) is 0. The van der Waals surface area contributed by atoms with Crippen molar-refractivity contribution in [3.63, 3.8) is 0 Å². The smallest absolute Gasteiger partial charge is 0.00388 e. The van der Waals surface area contributed by atoms with Crippen molar-refractivity contribution in [3.8, 4) is 0 Å². The molecule has 68 valence electrons. The molecule has 1 fully saturated rings. The highest BCUT2D eigenvalue weighted by Gasteiger charge is 2.33. The Labute approximate surface area is 75.4 Å². The Morgan fingerprint density at radius 1 is 1.08 bits per heavy atom. The summed E-state index contributed by atoms with van der Waals surface area (Å²) in [5.74, 6) is 1.94. The van der Waals surface area contributed by atoms with Gasteiger partial charge in [0.25, 0.3) is 0 Å². The van der Waals surface area contributed by atoms with Crippen molar-refractivity contribution >= 4 is 0 Å². The number of nitrogens with zero attached hydrogens (tertiary/aromatic N) is 1. The zero-order valence-electron chi connectivity index (χ0n) is 8.16. The van der Waals surface area contributed by atoms with Gasteiger partial charge in [0.05, 0.1) is 0 Å². The highest BCUT2D eigenvalue weighted by Crippen LogP contribution is 2.33. The van der Waals surface area contributed by atoms with E-state index < -0.39 is 0 Å². The van der Waals surface area contributed by atoms with Crippen LogP contribution in [0.1, 0.15) is 26.7 Å². The summed E-state index contributed by atoms with van der Waals surface area (Å²) in [7, 11) is 0. The van der Waals surface area contributed by atoms with E-state index in [2.05, 4.69) is 30.9 Å². The summed E-state index contributed by atoms with van der Waals surface area (Å²) < 4.78 is 0. The molecule has 0 bridgehead atoms. The lowest BCUT2D eigenvalue weighted by molar-refractivity contribution is 0.262. The first-order chi connectivity index (χ1) is 5.77. The molecule has 12 heavy (non-hydrogen) atoms. The predicted octanol–water partition coefficient (Wildman–Crippen LogP) is 2.29. The van der Waals surface area contributed by atoms with E-state index in [0.29, 0.717) is 0 Å². The maximum Gasteiger partial charge on any atom is 0.00388 e. The van der Waals surface area contributed by atoms with E-state index in [0.717, 1.165) is 17.9 Å². The standard InChI is InChI=1S/C11H19N/c1-9(2)12-7-10-5-3-4-6-11(10)8-12/h3-4,9-11H,5-8H2,1-2H3. The molecule has 0 aromatic carbocycles. The Kier molecular flexibility index (Phi) is 2.22. The second kappa shape index (κ2) is 3.21. The summed E-state index contributed by atoms with van der Waals surface area (Å²) in [6.07, 6.45) is 7.39. The molecule has 2 atom stereocenters. The third kappa shape index (κ3) is 1.42. The maximum atomic E-state index is 2.63. The third-order valence-corrected chi connectivity index (χ3v) is 3.38. The van der Waals surface area contributed by atoms with Gasteiger partial charge in [-0.25, -0.2) is 0 Å². The van der Waals surface area contributed by atoms with Gasteiger partial charge in [-0.2, -0.15) is 0 Å². The molecule has 0 aromatic rings. The average Bonchev–Trinajstić information content (AvgIpc) is 2.46. The average molecular weight is 165 g/mol. The number of fused-ring (bicyclic) bond motifs is 1. The van der Waals surface area contributed by atoms with E-state index in [4.69, 9.17) is 0 Å². The maximum absolute atomic E-state index is 2.63. The lowest BCUT2D eigenvalue weighted by Crippen LogP contribution is -2.28. The van der Waals surface area contributed by atoms with Gasteiger partial charge in [-0.15, -0.1) is 0 Å². The van der Waals surface area contributed by atoms with Crippen molar-refractivity contribution in [1.82, 2.24) is 4.90 Å². The van der Waals surface area contributed by atoms with E-state index in [1.807, 2.05) is 0 Å². The fraction of sp³-hybridized carbons (Fsp3) is 0.818. The molecule has 0 aromatic heterocycles. The van der Waals surface area contributed by atoms with Gasteiger partial charge in [0.15, 0.2) is 0 Å². The molecular formula is C11H19N. The molecule has 0 N–H and O–H groups in total. The molecule has 0 spiro atoms. The van der Waals surface area contributed by atoms with Crippen LogP contribution in [0.25, 0.3) is 0 Å². The van der Waals surface area contributed by atoms with Crippen LogP contribution in [0.5, 0.6) is 0 Å². The van der Waals surface area contributed by atoms with Crippen LogP contribution in [0.15, 0.2) is 12.2 Å². The molecule has 1 heterocycles. The Bertz CT molecular complexity index is 167. The molecule has 0 radical (unpaired) electrons. The number of allylic oxidation sites excluding steroid dienone is 2. The molecule has 1 saturated heterocycles. The molecule has 2 rings (SSSR count). The first-order valence-corrected chi connectivity index (χ1v) is 5.16. The van der Waals surface area contributed by atoms with Gasteiger partial charge in [-0.3, -0.25) is 0 Å². The molecule has 1 nitrogen and oxygen atoms in total. The molecule has 0 amide bonds. The van der Waals surface area contributed by atoms with Crippen LogP contribution in [-0.4, -0.2) is 24.0 Å². The van der Waals surface area contributed by atoms with Crippen molar-refractivity contribution in [1.29, 1.82) is 0 Å². The van der Waals surface area contributed by atoms with Gasteiger partial charge < -0.3 is 4.90 Å². The minimum atomic E-state index is 0.746. The minimum absolute atomic E-state index is 0.746. The van der Waals surface area contributed by atoms with Gasteiger partial charge in [-0.1, -0.05) is 12.2 Å². The summed E-state index contributed by atoms with van der Waals surface area (Å²) in [4.78, 5) is 2.63. The fourth-order valence-corrected chi connectivity index (χ4v) is 2.47. The highest BCUT2D eigenvalue weighted by molar-refractivity contribution is 4.99. The number of hydrogen-bond donors (Lipinski definition) is 0. The first kappa shape index (κ1) is 8.31. The van der Waals surface area contributed by atoms with Gasteiger partial charge in [-0.05, 0) is 38.5 Å². The number of hydrogen-bond acceptors (Lipinski definition) is 1. The Hall–Kier alpha value is -0.300. The van der Waals surface area contributed by atoms with Crippen molar-refractivity contribution in [2.75, 3.05) is 13.1 Å². The molecule has 1 aliphatic heterocycles. The predicted molar refractivity (Wildman–Crippen MR) is 52.1 cm³/mol. The second-order valence-electron chi connectivity index (χ2n) is 4.51. The van der Waals surface area contributed by atoms with Crippen LogP contribution in [-0.2, 0) is 0 Å². The second-order valence-corrected chi connectivity index (χ2v) is 4.51. The topological polar surface area (TPSA) is 3.24 Å². The minimum Gasteiger partial charge on any atom is -0.300 e. The normalized spacial score (nSPS) is 35.9. The fourth-order valence-electron chi connectivity index (χ4n) is 2.47. The summed E-state index contributed by atoms with van der Waals surface area (Å²) >= 11 is 0. The van der Waals surface area contributed by atoms with Crippen molar-refractivity contribution in [2.45, 2.75) is 32.7 Å². The zero-order valence-corrected chi connectivity index (χ0v) is 8.16. The summed E-state index contributed by atoms with van der Waals surface area (Å²) in [5, 5.41) is 0. The Morgan fingerprint density at radius 2 is 1.58 bits per heavy atom. The van der Waals surface area contributed by atoms with Crippen LogP contribution in [0.3, 0.4) is 0 Å². The SMILES string of the molecule is CC(C)N1CC2CC=CCC2C1. The van der Waals surface area contributed by atoms with Crippen LogP contribution in [0.4, 0.5) is 0 Å².